The third-order valence-corrected chi connectivity index (χ3v) is 3.85. The molecule has 0 amide bonds. The van der Waals surface area contributed by atoms with E-state index in [0.29, 0.717) is 11.4 Å². The molecule has 0 aliphatic heterocycles. The lowest BCUT2D eigenvalue weighted by molar-refractivity contribution is 0.129. The summed E-state index contributed by atoms with van der Waals surface area (Å²) in [6, 6.07) is 8.14. The highest BCUT2D eigenvalue weighted by Crippen LogP contribution is 2.48. The summed E-state index contributed by atoms with van der Waals surface area (Å²) in [5, 5.41) is 3.13. The number of hydrogen-bond acceptors (Lipinski definition) is 2. The predicted molar refractivity (Wildman–Crippen MR) is 99.5 cm³/mol. The number of nitrogens with one attached hydrogen (secondary N) is 1. The fourth-order valence-corrected chi connectivity index (χ4v) is 2.17. The molecule has 0 saturated heterocycles. The predicted octanol–water partition coefficient (Wildman–Crippen LogP) is 3.55. The zero-order valence-electron chi connectivity index (χ0n) is 12.9. The second-order valence-corrected chi connectivity index (χ2v) is 5.64. The van der Waals surface area contributed by atoms with Gasteiger partial charge in [-0.1, -0.05) is 17.7 Å². The van der Waals surface area contributed by atoms with Gasteiger partial charge < -0.3 is 15.8 Å². The van der Waals surface area contributed by atoms with Crippen LogP contribution in [-0.4, -0.2) is 25.7 Å². The molecule has 0 bridgehead atoms. The minimum absolute atomic E-state index is 0. The molecule has 1 fully saturated rings. The Morgan fingerprint density at radius 1 is 1.33 bits per heavy atom. The first kappa shape index (κ1) is 18.2. The third-order valence-electron chi connectivity index (χ3n) is 3.85. The van der Waals surface area contributed by atoms with Crippen LogP contribution < -0.4 is 11.1 Å². The van der Waals surface area contributed by atoms with Gasteiger partial charge in [0.15, 0.2) is 5.96 Å². The lowest BCUT2D eigenvalue weighted by Crippen LogP contribution is -2.24. The lowest BCUT2D eigenvalue weighted by Gasteiger charge is -2.13. The first-order chi connectivity index (χ1) is 9.63. The Labute approximate surface area is 144 Å². The number of nitrogens with zero attached hydrogens (tertiary/aromatic N) is 1. The first-order valence-corrected chi connectivity index (χ1v) is 7.35. The Morgan fingerprint density at radius 2 is 2.00 bits per heavy atom. The van der Waals surface area contributed by atoms with E-state index in [2.05, 4.69) is 29.4 Å². The van der Waals surface area contributed by atoms with Crippen molar-refractivity contribution in [2.75, 3.05) is 25.1 Å². The molecule has 0 aromatic heterocycles. The fourth-order valence-electron chi connectivity index (χ4n) is 2.17. The van der Waals surface area contributed by atoms with Crippen LogP contribution in [0, 0.1) is 12.3 Å². The highest BCUT2D eigenvalue weighted by Gasteiger charge is 2.41. The first-order valence-electron chi connectivity index (χ1n) is 7.35. The molecule has 21 heavy (non-hydrogen) atoms. The molecule has 0 heterocycles. The van der Waals surface area contributed by atoms with E-state index in [0.717, 1.165) is 31.9 Å². The van der Waals surface area contributed by atoms with Crippen LogP contribution in [0.1, 0.15) is 31.7 Å². The summed E-state index contributed by atoms with van der Waals surface area (Å²) < 4.78 is 5.43. The number of rotatable bonds is 7. The maximum atomic E-state index is 5.94. The Morgan fingerprint density at radius 3 is 2.57 bits per heavy atom. The van der Waals surface area contributed by atoms with Crippen LogP contribution in [0.25, 0.3) is 0 Å². The van der Waals surface area contributed by atoms with Crippen molar-refractivity contribution in [3.8, 4) is 0 Å². The molecule has 1 aliphatic rings. The van der Waals surface area contributed by atoms with Crippen LogP contribution in [0.2, 0.25) is 0 Å². The number of nitrogens with two attached hydrogens (primary N) is 1. The number of aliphatic imine (C=N–C) groups is 1. The monoisotopic (exact) mass is 403 g/mol. The average Bonchev–Trinajstić information content (AvgIpc) is 3.20. The molecule has 0 atom stereocenters. The maximum Gasteiger partial charge on any atom is 0.193 e. The van der Waals surface area contributed by atoms with E-state index in [1.807, 2.05) is 19.1 Å². The second kappa shape index (κ2) is 8.58. The van der Waals surface area contributed by atoms with Gasteiger partial charge >= 0.3 is 0 Å². The third kappa shape index (κ3) is 6.22. The van der Waals surface area contributed by atoms with Gasteiger partial charge in [0.05, 0.1) is 0 Å². The summed E-state index contributed by atoms with van der Waals surface area (Å²) in [4.78, 5) is 4.48. The molecule has 5 heteroatoms. The Balaban J connectivity index is 0.00000220. The SMILES string of the molecule is CCOCCC1(CN=C(N)Nc2ccc(C)cc2)CC1.I. The molecule has 2 rings (SSSR count). The minimum atomic E-state index is 0. The number of hydrogen-bond donors (Lipinski definition) is 2. The van der Waals surface area contributed by atoms with E-state index in [1.165, 1.54) is 18.4 Å². The van der Waals surface area contributed by atoms with E-state index in [1.54, 1.807) is 0 Å². The summed E-state index contributed by atoms with van der Waals surface area (Å²) in [5.41, 5.74) is 8.50. The summed E-state index contributed by atoms with van der Waals surface area (Å²) >= 11 is 0. The van der Waals surface area contributed by atoms with Crippen molar-refractivity contribution in [1.29, 1.82) is 0 Å². The van der Waals surface area contributed by atoms with Gasteiger partial charge in [-0.15, -0.1) is 24.0 Å². The quantitative estimate of drug-likeness (QED) is 0.317. The van der Waals surface area contributed by atoms with Crippen molar-refractivity contribution in [2.24, 2.45) is 16.1 Å². The highest BCUT2D eigenvalue weighted by molar-refractivity contribution is 14.0. The minimum Gasteiger partial charge on any atom is -0.382 e. The number of halogens is 1. The van der Waals surface area contributed by atoms with Gasteiger partial charge in [0.2, 0.25) is 0 Å². The Kier molecular flexibility index (Phi) is 7.45. The molecule has 1 aromatic rings. The molecular formula is C16H26IN3O. The Hall–Kier alpha value is -0.820. The highest BCUT2D eigenvalue weighted by atomic mass is 127. The molecule has 3 N–H and O–H groups in total. The second-order valence-electron chi connectivity index (χ2n) is 5.64. The summed E-state index contributed by atoms with van der Waals surface area (Å²) in [7, 11) is 0. The number of benzene rings is 1. The number of ether oxygens (including phenoxy) is 1. The summed E-state index contributed by atoms with van der Waals surface area (Å²) in [6.07, 6.45) is 3.56. The maximum absolute atomic E-state index is 5.94. The average molecular weight is 403 g/mol. The molecule has 118 valence electrons. The van der Waals surface area contributed by atoms with Gasteiger partial charge in [0.1, 0.15) is 0 Å². The normalized spacial score (nSPS) is 16.2. The van der Waals surface area contributed by atoms with Crippen molar-refractivity contribution >= 4 is 35.6 Å². The van der Waals surface area contributed by atoms with Gasteiger partial charge in [0.25, 0.3) is 0 Å². The van der Waals surface area contributed by atoms with Crippen LogP contribution in [0.5, 0.6) is 0 Å². The van der Waals surface area contributed by atoms with E-state index < -0.39 is 0 Å². The standard InChI is InChI=1S/C16H25N3O.HI/c1-3-20-11-10-16(8-9-16)12-18-15(17)19-14-6-4-13(2)5-7-14;/h4-7H,3,8-12H2,1-2H3,(H3,17,18,19);1H. The van der Waals surface area contributed by atoms with Crippen molar-refractivity contribution in [3.05, 3.63) is 29.8 Å². The van der Waals surface area contributed by atoms with Crippen molar-refractivity contribution < 1.29 is 4.74 Å². The van der Waals surface area contributed by atoms with Crippen LogP contribution >= 0.6 is 24.0 Å². The zero-order chi connectivity index (χ0) is 14.4. The molecule has 1 aromatic carbocycles. The van der Waals surface area contributed by atoms with Crippen LogP contribution in [0.15, 0.2) is 29.3 Å². The molecule has 1 aliphatic carbocycles. The molecule has 0 unspecified atom stereocenters. The van der Waals surface area contributed by atoms with E-state index >= 15 is 0 Å². The summed E-state index contributed by atoms with van der Waals surface area (Å²) in [5.74, 6) is 0.497. The van der Waals surface area contributed by atoms with Gasteiger partial charge in [-0.05, 0) is 50.7 Å². The largest absolute Gasteiger partial charge is 0.382 e. The van der Waals surface area contributed by atoms with Gasteiger partial charge in [-0.2, -0.15) is 0 Å². The zero-order valence-corrected chi connectivity index (χ0v) is 15.2. The molecule has 0 radical (unpaired) electrons. The molecular weight excluding hydrogens is 377 g/mol. The van der Waals surface area contributed by atoms with E-state index in [9.17, 15) is 0 Å². The van der Waals surface area contributed by atoms with E-state index in [-0.39, 0.29) is 24.0 Å². The van der Waals surface area contributed by atoms with Crippen molar-refractivity contribution in [1.82, 2.24) is 0 Å². The summed E-state index contributed by atoms with van der Waals surface area (Å²) in [6.45, 7) is 6.51. The van der Waals surface area contributed by atoms with Gasteiger partial charge in [0, 0.05) is 25.4 Å². The topological polar surface area (TPSA) is 59.6 Å². The van der Waals surface area contributed by atoms with Crippen LogP contribution in [0.3, 0.4) is 0 Å². The van der Waals surface area contributed by atoms with Crippen molar-refractivity contribution in [2.45, 2.75) is 33.1 Å². The molecule has 1 saturated carbocycles. The molecule has 0 spiro atoms. The number of guanidine groups is 1. The van der Waals surface area contributed by atoms with Gasteiger partial charge in [-0.3, -0.25) is 4.99 Å². The lowest BCUT2D eigenvalue weighted by atomic mass is 10.0. The van der Waals surface area contributed by atoms with E-state index in [4.69, 9.17) is 10.5 Å². The number of anilines is 1. The number of aryl methyl sites for hydroxylation is 1. The molecule has 4 nitrogen and oxygen atoms in total. The smallest absolute Gasteiger partial charge is 0.193 e. The van der Waals surface area contributed by atoms with Crippen molar-refractivity contribution in [3.63, 3.8) is 0 Å². The van der Waals surface area contributed by atoms with Crippen LogP contribution in [-0.2, 0) is 4.74 Å². The Bertz CT molecular complexity index is 455. The van der Waals surface area contributed by atoms with Crippen LogP contribution in [0.4, 0.5) is 5.69 Å². The fraction of sp³-hybridized carbons (Fsp3) is 0.562. The van der Waals surface area contributed by atoms with Gasteiger partial charge in [-0.25, -0.2) is 0 Å².